The molecule has 220 valence electrons. The first-order valence-corrected chi connectivity index (χ1v) is 14.8. The van der Waals surface area contributed by atoms with E-state index in [0.717, 1.165) is 48.2 Å². The molecule has 3 aliphatic rings. The largest absolute Gasteiger partial charge is 0.497 e. The van der Waals surface area contributed by atoms with Crippen LogP contribution in [0.5, 0.6) is 11.5 Å². The van der Waals surface area contributed by atoms with Crippen LogP contribution >= 0.6 is 0 Å². The Kier molecular flexibility index (Phi) is 9.12. The maximum absolute atomic E-state index is 14.5. The van der Waals surface area contributed by atoms with E-state index >= 15 is 0 Å². The van der Waals surface area contributed by atoms with Crippen LogP contribution in [-0.2, 0) is 14.4 Å². The SMILES string of the molecule is COc1ccc(C2Oc3ccc4cc3C2C(=O)N2CCCCN(C(C)=O)CCCN(C)C4CC(=O)NCCC2)cc1. The van der Waals surface area contributed by atoms with Crippen LogP contribution in [0.2, 0.25) is 0 Å². The van der Waals surface area contributed by atoms with Crippen LogP contribution in [0.25, 0.3) is 0 Å². The van der Waals surface area contributed by atoms with Gasteiger partial charge in [0.15, 0.2) is 0 Å². The van der Waals surface area contributed by atoms with Crippen molar-refractivity contribution in [2.75, 3.05) is 53.4 Å². The number of carbonyl (C=O) groups is 3. The van der Waals surface area contributed by atoms with Crippen molar-refractivity contribution in [1.29, 1.82) is 0 Å². The zero-order valence-corrected chi connectivity index (χ0v) is 24.4. The number of fused-ring (bicyclic) bond motifs is 1. The highest BCUT2D eigenvalue weighted by Crippen LogP contribution is 2.48. The van der Waals surface area contributed by atoms with E-state index in [-0.39, 0.29) is 23.8 Å². The van der Waals surface area contributed by atoms with Gasteiger partial charge in [0.2, 0.25) is 17.7 Å². The topological polar surface area (TPSA) is 91.4 Å². The second-order valence-corrected chi connectivity index (χ2v) is 11.4. The van der Waals surface area contributed by atoms with E-state index in [4.69, 9.17) is 9.47 Å². The molecule has 0 spiro atoms. The lowest BCUT2D eigenvalue weighted by molar-refractivity contribution is -0.135. The number of ether oxygens (including phenoxy) is 2. The summed E-state index contributed by atoms with van der Waals surface area (Å²) >= 11 is 0. The molecule has 4 bridgehead atoms. The van der Waals surface area contributed by atoms with Crippen molar-refractivity contribution in [2.24, 2.45) is 0 Å². The molecular formula is C32H42N4O5. The van der Waals surface area contributed by atoms with Gasteiger partial charge in [-0.15, -0.1) is 0 Å². The lowest BCUT2D eigenvalue weighted by atomic mass is 9.87. The lowest BCUT2D eigenvalue weighted by Crippen LogP contribution is -2.39. The summed E-state index contributed by atoms with van der Waals surface area (Å²) in [6.45, 7) is 5.35. The molecule has 3 unspecified atom stereocenters. The molecule has 0 saturated carbocycles. The molecule has 9 heteroatoms. The summed E-state index contributed by atoms with van der Waals surface area (Å²) in [6.07, 6.45) is 2.95. The van der Waals surface area contributed by atoms with E-state index in [1.54, 1.807) is 14.0 Å². The minimum Gasteiger partial charge on any atom is -0.497 e. The average Bonchev–Trinajstić information content (AvgIpc) is 3.35. The summed E-state index contributed by atoms with van der Waals surface area (Å²) in [5.41, 5.74) is 2.79. The van der Waals surface area contributed by atoms with Crippen LogP contribution in [-0.4, -0.2) is 85.8 Å². The van der Waals surface area contributed by atoms with Gasteiger partial charge in [0.05, 0.1) is 7.11 Å². The first-order valence-electron chi connectivity index (χ1n) is 14.8. The number of nitrogens with one attached hydrogen (secondary N) is 1. The highest BCUT2D eigenvalue weighted by atomic mass is 16.5. The molecule has 1 N–H and O–H groups in total. The van der Waals surface area contributed by atoms with E-state index in [1.807, 2.05) is 53.2 Å². The predicted molar refractivity (Wildman–Crippen MR) is 156 cm³/mol. The number of hydrogen-bond acceptors (Lipinski definition) is 6. The molecule has 41 heavy (non-hydrogen) atoms. The fourth-order valence-corrected chi connectivity index (χ4v) is 6.31. The lowest BCUT2D eigenvalue weighted by Gasteiger charge is -2.31. The quantitative estimate of drug-likeness (QED) is 0.601. The first-order chi connectivity index (χ1) is 19.9. The summed E-state index contributed by atoms with van der Waals surface area (Å²) in [5, 5.41) is 3.08. The normalized spacial score (nSPS) is 24.5. The van der Waals surface area contributed by atoms with E-state index in [0.29, 0.717) is 51.3 Å². The minimum atomic E-state index is -0.504. The monoisotopic (exact) mass is 562 g/mol. The second-order valence-electron chi connectivity index (χ2n) is 11.4. The van der Waals surface area contributed by atoms with Gasteiger partial charge in [0.1, 0.15) is 23.5 Å². The van der Waals surface area contributed by atoms with Crippen molar-refractivity contribution in [3.63, 3.8) is 0 Å². The smallest absolute Gasteiger partial charge is 0.234 e. The maximum atomic E-state index is 14.5. The summed E-state index contributed by atoms with van der Waals surface area (Å²) in [7, 11) is 3.67. The Balaban J connectivity index is 1.59. The van der Waals surface area contributed by atoms with E-state index in [9.17, 15) is 14.4 Å². The fourth-order valence-electron chi connectivity index (χ4n) is 6.31. The third-order valence-electron chi connectivity index (χ3n) is 8.66. The Bertz CT molecular complexity index is 1250. The fraction of sp³-hybridized carbons (Fsp3) is 0.531. The molecule has 3 atom stereocenters. The Morgan fingerprint density at radius 1 is 0.927 bits per heavy atom. The Hall–Kier alpha value is -3.59. The number of rotatable bonds is 2. The molecule has 3 heterocycles. The summed E-state index contributed by atoms with van der Waals surface area (Å²) in [4.78, 5) is 45.9. The molecule has 0 saturated heterocycles. The van der Waals surface area contributed by atoms with E-state index in [2.05, 4.69) is 16.3 Å². The van der Waals surface area contributed by atoms with Crippen molar-refractivity contribution in [1.82, 2.24) is 20.0 Å². The number of carbonyl (C=O) groups excluding carboxylic acids is 3. The zero-order valence-electron chi connectivity index (χ0n) is 24.4. The number of methoxy groups -OCH3 is 1. The predicted octanol–water partition coefficient (Wildman–Crippen LogP) is 3.66. The third-order valence-corrected chi connectivity index (χ3v) is 8.66. The summed E-state index contributed by atoms with van der Waals surface area (Å²) in [6, 6.07) is 13.6. The highest BCUT2D eigenvalue weighted by Gasteiger charge is 2.43. The van der Waals surface area contributed by atoms with Gasteiger partial charge in [0, 0.05) is 64.2 Å². The molecule has 0 aliphatic carbocycles. The molecule has 3 amide bonds. The van der Waals surface area contributed by atoms with Crippen LogP contribution in [0, 0.1) is 0 Å². The minimum absolute atomic E-state index is 0.00180. The van der Waals surface area contributed by atoms with Crippen LogP contribution in [0.15, 0.2) is 42.5 Å². The maximum Gasteiger partial charge on any atom is 0.234 e. The molecule has 0 radical (unpaired) electrons. The first kappa shape index (κ1) is 28.9. The Labute approximate surface area is 242 Å². The zero-order chi connectivity index (χ0) is 28.9. The second kappa shape index (κ2) is 12.9. The van der Waals surface area contributed by atoms with Gasteiger partial charge in [-0.1, -0.05) is 18.2 Å². The van der Waals surface area contributed by atoms with E-state index < -0.39 is 12.0 Å². The van der Waals surface area contributed by atoms with Crippen molar-refractivity contribution in [3.05, 3.63) is 59.2 Å². The van der Waals surface area contributed by atoms with Crippen LogP contribution in [0.3, 0.4) is 0 Å². The van der Waals surface area contributed by atoms with Gasteiger partial charge in [0.25, 0.3) is 0 Å². The molecule has 0 fully saturated rings. The van der Waals surface area contributed by atoms with E-state index in [1.165, 1.54) is 0 Å². The molecule has 3 aliphatic heterocycles. The number of amides is 3. The van der Waals surface area contributed by atoms with Gasteiger partial charge in [-0.25, -0.2) is 0 Å². The van der Waals surface area contributed by atoms with Crippen LogP contribution in [0.4, 0.5) is 0 Å². The molecule has 2 aromatic rings. The highest BCUT2D eigenvalue weighted by molar-refractivity contribution is 5.87. The molecule has 0 aromatic heterocycles. The van der Waals surface area contributed by atoms with Crippen molar-refractivity contribution < 1.29 is 23.9 Å². The molecular weight excluding hydrogens is 520 g/mol. The Morgan fingerprint density at radius 2 is 1.63 bits per heavy atom. The van der Waals surface area contributed by atoms with Crippen molar-refractivity contribution in [3.8, 4) is 11.5 Å². The molecule has 2 aromatic carbocycles. The van der Waals surface area contributed by atoms with Gasteiger partial charge in [-0.3, -0.25) is 19.3 Å². The van der Waals surface area contributed by atoms with Gasteiger partial charge in [-0.05, 0) is 68.1 Å². The van der Waals surface area contributed by atoms with Crippen molar-refractivity contribution >= 4 is 17.7 Å². The van der Waals surface area contributed by atoms with Crippen molar-refractivity contribution in [2.45, 2.75) is 57.1 Å². The summed E-state index contributed by atoms with van der Waals surface area (Å²) < 4.78 is 11.9. The van der Waals surface area contributed by atoms with Gasteiger partial charge >= 0.3 is 0 Å². The molecule has 9 nitrogen and oxygen atoms in total. The number of benzene rings is 2. The van der Waals surface area contributed by atoms with Crippen LogP contribution in [0.1, 0.15) is 73.8 Å². The third kappa shape index (κ3) is 6.50. The standard InChI is InChI=1S/C32H42N4O5/c1-22(37)35-16-4-5-17-36-18-6-14-33-29(38)21-27(34(2)15-7-19-35)24-10-13-28-26(20-24)30(32(36)39)31(41-28)23-8-11-25(40-3)12-9-23/h8-13,20,27,30-31H,4-7,14-19,21H2,1-3H3,(H,33,38). The molecule has 5 rings (SSSR count). The van der Waals surface area contributed by atoms with Crippen LogP contribution < -0.4 is 14.8 Å². The number of nitrogens with zero attached hydrogens (tertiary/aromatic N) is 3. The van der Waals surface area contributed by atoms with Gasteiger partial charge in [-0.2, -0.15) is 0 Å². The summed E-state index contributed by atoms with van der Waals surface area (Å²) in [5.74, 6) is 1.06. The number of hydrogen-bond donors (Lipinski definition) is 1. The average molecular weight is 563 g/mol. The Morgan fingerprint density at radius 3 is 2.39 bits per heavy atom. The van der Waals surface area contributed by atoms with Gasteiger partial charge < -0.3 is 24.6 Å².